The smallest absolute Gasteiger partial charge is 0.289 e. The van der Waals surface area contributed by atoms with E-state index in [0.29, 0.717) is 25.0 Å². The Hall–Kier alpha value is -2.77. The third-order valence-corrected chi connectivity index (χ3v) is 3.28. The van der Waals surface area contributed by atoms with Gasteiger partial charge in [-0.15, -0.1) is 0 Å². The van der Waals surface area contributed by atoms with Crippen LogP contribution in [-0.2, 0) is 12.5 Å². The maximum absolute atomic E-state index is 13.3. The van der Waals surface area contributed by atoms with E-state index in [4.69, 9.17) is 9.47 Å². The number of halogens is 2. The number of alkyl halides is 2. The SMILES string of the molecule is COc1ccc(CNc2cnc(C(C)(F)F)c(C=O)n2)c(OC)c1. The lowest BCUT2D eigenvalue weighted by Gasteiger charge is -2.14. The molecule has 0 fully saturated rings. The van der Waals surface area contributed by atoms with Gasteiger partial charge >= 0.3 is 0 Å². The Morgan fingerprint density at radius 1 is 1.29 bits per heavy atom. The van der Waals surface area contributed by atoms with Gasteiger partial charge in [-0.1, -0.05) is 0 Å². The fourth-order valence-corrected chi connectivity index (χ4v) is 2.09. The van der Waals surface area contributed by atoms with Gasteiger partial charge in [0.1, 0.15) is 28.7 Å². The molecule has 2 rings (SSSR count). The maximum Gasteiger partial charge on any atom is 0.289 e. The largest absolute Gasteiger partial charge is 0.497 e. The van der Waals surface area contributed by atoms with Gasteiger partial charge in [0.2, 0.25) is 0 Å². The van der Waals surface area contributed by atoms with Crippen LogP contribution >= 0.6 is 0 Å². The molecule has 0 aliphatic carbocycles. The first-order valence-corrected chi connectivity index (χ1v) is 7.04. The average Bonchev–Trinajstić information content (AvgIpc) is 2.58. The highest BCUT2D eigenvalue weighted by atomic mass is 19.3. The molecule has 0 radical (unpaired) electrons. The topological polar surface area (TPSA) is 73.3 Å². The first kappa shape index (κ1) is 17.6. The fraction of sp³-hybridized carbons (Fsp3) is 0.312. The first-order chi connectivity index (χ1) is 11.4. The van der Waals surface area contributed by atoms with Gasteiger partial charge in [0.15, 0.2) is 6.29 Å². The zero-order valence-electron chi connectivity index (χ0n) is 13.5. The summed E-state index contributed by atoms with van der Waals surface area (Å²) in [7, 11) is 3.08. The highest BCUT2D eigenvalue weighted by molar-refractivity contribution is 5.74. The molecular weight excluding hydrogens is 320 g/mol. The average molecular weight is 337 g/mol. The standard InChI is InChI=1S/C16H17F2N3O3/c1-16(17,18)15-12(9-22)21-14(8-20-15)19-7-10-4-5-11(23-2)6-13(10)24-3/h4-6,8-9H,7H2,1-3H3,(H,19,21). The molecule has 1 aromatic carbocycles. The van der Waals surface area contributed by atoms with Gasteiger partial charge in [-0.25, -0.2) is 9.97 Å². The van der Waals surface area contributed by atoms with Crippen LogP contribution in [-0.4, -0.2) is 30.5 Å². The summed E-state index contributed by atoms with van der Waals surface area (Å²) in [5.74, 6) is -1.78. The molecule has 1 heterocycles. The zero-order chi connectivity index (χ0) is 17.7. The molecule has 128 valence electrons. The molecule has 0 atom stereocenters. The minimum atomic E-state index is -3.24. The molecule has 0 bridgehead atoms. The minimum Gasteiger partial charge on any atom is -0.497 e. The van der Waals surface area contributed by atoms with E-state index in [1.54, 1.807) is 25.3 Å². The summed E-state index contributed by atoms with van der Waals surface area (Å²) in [6.07, 6.45) is 1.43. The van der Waals surface area contributed by atoms with Crippen LogP contribution in [0.5, 0.6) is 11.5 Å². The number of anilines is 1. The highest BCUT2D eigenvalue weighted by Gasteiger charge is 2.30. The number of methoxy groups -OCH3 is 2. The molecule has 0 saturated carbocycles. The van der Waals surface area contributed by atoms with Crippen molar-refractivity contribution in [3.05, 3.63) is 41.3 Å². The quantitative estimate of drug-likeness (QED) is 0.783. The van der Waals surface area contributed by atoms with Crippen molar-refractivity contribution in [3.63, 3.8) is 0 Å². The summed E-state index contributed by atoms with van der Waals surface area (Å²) in [4.78, 5) is 18.5. The summed E-state index contributed by atoms with van der Waals surface area (Å²) in [6.45, 7) is 0.974. The Labute approximate surface area is 137 Å². The van der Waals surface area contributed by atoms with E-state index in [1.165, 1.54) is 7.11 Å². The number of hydrogen-bond donors (Lipinski definition) is 1. The van der Waals surface area contributed by atoms with E-state index in [0.717, 1.165) is 11.8 Å². The summed E-state index contributed by atoms with van der Waals surface area (Å²) in [5.41, 5.74) is -0.239. The van der Waals surface area contributed by atoms with Crippen LogP contribution < -0.4 is 14.8 Å². The molecule has 24 heavy (non-hydrogen) atoms. The molecule has 8 heteroatoms. The van der Waals surface area contributed by atoms with Crippen LogP contribution in [0, 0.1) is 0 Å². The summed E-state index contributed by atoms with van der Waals surface area (Å²) in [6, 6.07) is 5.29. The molecule has 6 nitrogen and oxygen atoms in total. The van der Waals surface area contributed by atoms with E-state index in [1.807, 2.05) is 0 Å². The Balaban J connectivity index is 2.19. The molecule has 0 amide bonds. The van der Waals surface area contributed by atoms with Crippen LogP contribution in [0.25, 0.3) is 0 Å². The van der Waals surface area contributed by atoms with Crippen molar-refractivity contribution in [3.8, 4) is 11.5 Å². The van der Waals surface area contributed by atoms with Gasteiger partial charge in [0.25, 0.3) is 5.92 Å². The Bertz CT molecular complexity index is 733. The Morgan fingerprint density at radius 2 is 2.04 bits per heavy atom. The van der Waals surface area contributed by atoms with Crippen LogP contribution in [0.2, 0.25) is 0 Å². The third-order valence-electron chi connectivity index (χ3n) is 3.28. The number of hydrogen-bond acceptors (Lipinski definition) is 6. The summed E-state index contributed by atoms with van der Waals surface area (Å²) >= 11 is 0. The number of benzene rings is 1. The monoisotopic (exact) mass is 337 g/mol. The normalized spacial score (nSPS) is 11.0. The van der Waals surface area contributed by atoms with E-state index >= 15 is 0 Å². The van der Waals surface area contributed by atoms with E-state index in [2.05, 4.69) is 15.3 Å². The van der Waals surface area contributed by atoms with E-state index in [9.17, 15) is 13.6 Å². The van der Waals surface area contributed by atoms with Crippen molar-refractivity contribution in [2.45, 2.75) is 19.4 Å². The van der Waals surface area contributed by atoms with Gasteiger partial charge in [-0.2, -0.15) is 8.78 Å². The maximum atomic E-state index is 13.3. The molecule has 2 aromatic rings. The molecule has 0 unspecified atom stereocenters. The predicted molar refractivity (Wildman–Crippen MR) is 83.9 cm³/mol. The highest BCUT2D eigenvalue weighted by Crippen LogP contribution is 2.28. The molecule has 1 N–H and O–H groups in total. The van der Waals surface area contributed by atoms with Gasteiger partial charge < -0.3 is 14.8 Å². The van der Waals surface area contributed by atoms with E-state index in [-0.39, 0.29) is 12.1 Å². The van der Waals surface area contributed by atoms with Crippen LogP contribution in [0.15, 0.2) is 24.4 Å². The Morgan fingerprint density at radius 3 is 2.62 bits per heavy atom. The van der Waals surface area contributed by atoms with Gasteiger partial charge in [-0.3, -0.25) is 4.79 Å². The van der Waals surface area contributed by atoms with E-state index < -0.39 is 17.3 Å². The van der Waals surface area contributed by atoms with Gasteiger partial charge in [0, 0.05) is 25.1 Å². The number of rotatable bonds is 7. The van der Waals surface area contributed by atoms with Crippen molar-refractivity contribution in [1.82, 2.24) is 9.97 Å². The predicted octanol–water partition coefficient (Wildman–Crippen LogP) is 3.03. The van der Waals surface area contributed by atoms with Gasteiger partial charge in [-0.05, 0) is 12.1 Å². The lowest BCUT2D eigenvalue weighted by Crippen LogP contribution is -2.16. The second-order valence-corrected chi connectivity index (χ2v) is 5.03. The zero-order valence-corrected chi connectivity index (χ0v) is 13.5. The lowest BCUT2D eigenvalue weighted by atomic mass is 10.2. The molecule has 0 spiro atoms. The number of nitrogens with zero attached hydrogens (tertiary/aromatic N) is 2. The van der Waals surface area contributed by atoms with Crippen LogP contribution in [0.1, 0.15) is 28.7 Å². The number of aromatic nitrogens is 2. The molecule has 1 aromatic heterocycles. The van der Waals surface area contributed by atoms with Crippen LogP contribution in [0.4, 0.5) is 14.6 Å². The molecule has 0 aliphatic rings. The van der Waals surface area contributed by atoms with Crippen LogP contribution in [0.3, 0.4) is 0 Å². The van der Waals surface area contributed by atoms with Crippen molar-refractivity contribution in [2.24, 2.45) is 0 Å². The number of ether oxygens (including phenoxy) is 2. The fourth-order valence-electron chi connectivity index (χ4n) is 2.09. The van der Waals surface area contributed by atoms with Gasteiger partial charge in [0.05, 0.1) is 20.4 Å². The lowest BCUT2D eigenvalue weighted by molar-refractivity contribution is 0.0116. The number of carbonyl (C=O) groups is 1. The molecule has 0 saturated heterocycles. The number of aldehydes is 1. The van der Waals surface area contributed by atoms with Crippen molar-refractivity contribution in [2.75, 3.05) is 19.5 Å². The van der Waals surface area contributed by atoms with Crippen molar-refractivity contribution < 1.29 is 23.0 Å². The number of nitrogens with one attached hydrogen (secondary N) is 1. The molecule has 0 aliphatic heterocycles. The third kappa shape index (κ3) is 3.95. The summed E-state index contributed by atoms with van der Waals surface area (Å²) < 4.78 is 37.1. The Kier molecular flexibility index (Phi) is 5.28. The molecular formula is C16H17F2N3O3. The second-order valence-electron chi connectivity index (χ2n) is 5.03. The second kappa shape index (κ2) is 7.20. The summed E-state index contributed by atoms with van der Waals surface area (Å²) in [5, 5.41) is 2.93. The minimum absolute atomic E-state index is 0.211. The van der Waals surface area contributed by atoms with Crippen molar-refractivity contribution >= 4 is 12.1 Å². The number of carbonyl (C=O) groups excluding carboxylic acids is 1. The van der Waals surface area contributed by atoms with Crippen molar-refractivity contribution in [1.29, 1.82) is 0 Å². The first-order valence-electron chi connectivity index (χ1n) is 7.04.